The Bertz CT molecular complexity index is 316. The highest BCUT2D eigenvalue weighted by Gasteiger charge is 2.39. The first-order valence-corrected chi connectivity index (χ1v) is 10.4. The van der Waals surface area contributed by atoms with Crippen LogP contribution in [0.5, 0.6) is 0 Å². The van der Waals surface area contributed by atoms with Crippen LogP contribution in [0.1, 0.15) is 13.3 Å². The summed E-state index contributed by atoms with van der Waals surface area (Å²) in [5.74, 6) is 0.0897. The molecule has 0 N–H and O–H groups in total. The average Bonchev–Trinajstić information content (AvgIpc) is 2.56. The van der Waals surface area contributed by atoms with Crippen LogP contribution in [-0.2, 0) is 14.0 Å². The number of amides is 1. The molecule has 4 nitrogen and oxygen atoms in total. The minimum absolute atomic E-state index is 0.0353. The zero-order valence-electron chi connectivity index (χ0n) is 10.8. The number of rotatable bonds is 3. The molecule has 0 radical (unpaired) electrons. The molecule has 0 aromatic rings. The maximum absolute atomic E-state index is 12.0. The van der Waals surface area contributed by atoms with Crippen LogP contribution in [0.4, 0.5) is 0 Å². The smallest absolute Gasteiger partial charge is 0.315 e. The Balaban J connectivity index is 2.73. The molecule has 0 bridgehead atoms. The minimum Gasteiger partial charge on any atom is -0.518 e. The molecule has 1 saturated heterocycles. The highest BCUT2D eigenvalue weighted by Crippen LogP contribution is 2.25. The lowest BCUT2D eigenvalue weighted by molar-refractivity contribution is -0.145. The quantitative estimate of drug-likeness (QED) is 0.590. The van der Waals surface area contributed by atoms with Crippen molar-refractivity contribution in [3.05, 3.63) is 0 Å². The molecule has 0 aromatic heterocycles. The third-order valence-corrected chi connectivity index (χ3v) is 3.92. The Hall–Kier alpha value is -0.363. The SMILES string of the molecule is C[C@@H]1C[C@@H](C(=O)O[Si](C)(C)C)N(C(=O)CBr)C1. The van der Waals surface area contributed by atoms with Crippen LogP contribution >= 0.6 is 15.9 Å². The summed E-state index contributed by atoms with van der Waals surface area (Å²) in [6.45, 7) is 8.62. The van der Waals surface area contributed by atoms with E-state index in [1.807, 2.05) is 19.6 Å². The van der Waals surface area contributed by atoms with Crippen LogP contribution in [0, 0.1) is 5.92 Å². The van der Waals surface area contributed by atoms with Gasteiger partial charge in [-0.2, -0.15) is 0 Å². The lowest BCUT2D eigenvalue weighted by Gasteiger charge is -2.26. The van der Waals surface area contributed by atoms with Gasteiger partial charge in [0, 0.05) is 6.54 Å². The van der Waals surface area contributed by atoms with E-state index < -0.39 is 8.32 Å². The van der Waals surface area contributed by atoms with E-state index in [2.05, 4.69) is 22.9 Å². The third-order valence-electron chi connectivity index (χ3n) is 2.62. The molecule has 1 aliphatic heterocycles. The molecule has 0 spiro atoms. The van der Waals surface area contributed by atoms with E-state index in [1.54, 1.807) is 4.90 Å². The van der Waals surface area contributed by atoms with E-state index in [0.29, 0.717) is 18.9 Å². The van der Waals surface area contributed by atoms with Crippen molar-refractivity contribution < 1.29 is 14.0 Å². The van der Waals surface area contributed by atoms with Crippen molar-refractivity contribution >= 4 is 36.1 Å². The Morgan fingerprint density at radius 3 is 2.47 bits per heavy atom. The Morgan fingerprint density at radius 2 is 2.00 bits per heavy atom. The summed E-state index contributed by atoms with van der Waals surface area (Å²) in [6.07, 6.45) is 0.710. The van der Waals surface area contributed by atoms with Gasteiger partial charge in [0.25, 0.3) is 0 Å². The molecule has 2 atom stereocenters. The first-order valence-electron chi connectivity index (χ1n) is 5.83. The number of likely N-dealkylation sites (tertiary alicyclic amines) is 1. The van der Waals surface area contributed by atoms with Crippen LogP contribution in [0.3, 0.4) is 0 Å². The van der Waals surface area contributed by atoms with Crippen LogP contribution in [0.25, 0.3) is 0 Å². The third kappa shape index (κ3) is 4.10. The molecule has 1 aliphatic rings. The molecule has 0 aliphatic carbocycles. The molecule has 17 heavy (non-hydrogen) atoms. The van der Waals surface area contributed by atoms with E-state index >= 15 is 0 Å². The molecule has 1 amide bonds. The summed E-state index contributed by atoms with van der Waals surface area (Å²) in [4.78, 5) is 25.4. The maximum Gasteiger partial charge on any atom is 0.315 e. The van der Waals surface area contributed by atoms with Gasteiger partial charge >= 0.3 is 5.97 Å². The highest BCUT2D eigenvalue weighted by atomic mass is 79.9. The van der Waals surface area contributed by atoms with Crippen LogP contribution in [0.15, 0.2) is 0 Å². The van der Waals surface area contributed by atoms with Gasteiger partial charge in [-0.05, 0) is 32.0 Å². The molecule has 6 heteroatoms. The summed E-state index contributed by atoms with van der Waals surface area (Å²) in [7, 11) is -1.88. The van der Waals surface area contributed by atoms with Crippen molar-refractivity contribution in [2.75, 3.05) is 11.9 Å². The van der Waals surface area contributed by atoms with Gasteiger partial charge in [0.1, 0.15) is 6.04 Å². The van der Waals surface area contributed by atoms with E-state index in [-0.39, 0.29) is 23.2 Å². The number of hydrogen-bond acceptors (Lipinski definition) is 3. The topological polar surface area (TPSA) is 46.6 Å². The Kier molecular flexibility index (Phi) is 4.77. The fourth-order valence-electron chi connectivity index (χ4n) is 1.99. The molecule has 0 saturated carbocycles. The Morgan fingerprint density at radius 1 is 1.41 bits per heavy atom. The highest BCUT2D eigenvalue weighted by molar-refractivity contribution is 9.09. The van der Waals surface area contributed by atoms with E-state index in [4.69, 9.17) is 4.43 Å². The fraction of sp³-hybridized carbons (Fsp3) is 0.818. The zero-order chi connectivity index (χ0) is 13.2. The second-order valence-corrected chi connectivity index (χ2v) is 10.6. The standard InChI is InChI=1S/C11H20BrNO3Si/c1-8-5-9(11(15)16-17(2,3)4)13(7-8)10(14)6-12/h8-9H,5-7H2,1-4H3/t8-,9+/m1/s1. The zero-order valence-corrected chi connectivity index (χ0v) is 13.4. The van der Waals surface area contributed by atoms with E-state index in [1.165, 1.54) is 0 Å². The number of carbonyl (C=O) groups excluding carboxylic acids is 2. The van der Waals surface area contributed by atoms with Crippen LogP contribution < -0.4 is 0 Å². The average molecular weight is 322 g/mol. The summed E-state index contributed by atoms with van der Waals surface area (Å²) in [6, 6.07) is -0.387. The second kappa shape index (κ2) is 5.52. The van der Waals surface area contributed by atoms with Crippen molar-refractivity contribution in [2.45, 2.75) is 39.0 Å². The molecule has 1 fully saturated rings. The lowest BCUT2D eigenvalue weighted by Crippen LogP contribution is -2.45. The fourth-order valence-corrected chi connectivity index (χ4v) is 3.05. The predicted octanol–water partition coefficient (Wildman–Crippen LogP) is 2.00. The van der Waals surface area contributed by atoms with Crippen molar-refractivity contribution in [3.63, 3.8) is 0 Å². The monoisotopic (exact) mass is 321 g/mol. The number of hydrogen-bond donors (Lipinski definition) is 0. The molecular formula is C11H20BrNO3Si. The van der Waals surface area contributed by atoms with Crippen molar-refractivity contribution in [1.82, 2.24) is 4.90 Å². The van der Waals surface area contributed by atoms with Gasteiger partial charge in [0.2, 0.25) is 14.2 Å². The van der Waals surface area contributed by atoms with Crippen molar-refractivity contribution in [2.24, 2.45) is 5.92 Å². The number of halogens is 1. The molecule has 0 aromatic carbocycles. The molecule has 98 valence electrons. The largest absolute Gasteiger partial charge is 0.518 e. The summed E-state index contributed by atoms with van der Waals surface area (Å²) in [5, 5.41) is 0.260. The normalized spacial score (nSPS) is 24.9. The lowest BCUT2D eigenvalue weighted by atomic mass is 10.1. The van der Waals surface area contributed by atoms with E-state index in [9.17, 15) is 9.59 Å². The summed E-state index contributed by atoms with van der Waals surface area (Å²) in [5.41, 5.74) is 0. The molecular weight excluding hydrogens is 302 g/mol. The predicted molar refractivity (Wildman–Crippen MR) is 72.5 cm³/mol. The van der Waals surface area contributed by atoms with Gasteiger partial charge in [0.05, 0.1) is 5.33 Å². The first kappa shape index (κ1) is 14.7. The van der Waals surface area contributed by atoms with Gasteiger partial charge in [0.15, 0.2) is 0 Å². The van der Waals surface area contributed by atoms with Crippen molar-refractivity contribution in [3.8, 4) is 0 Å². The number of carbonyl (C=O) groups is 2. The second-order valence-electron chi connectivity index (χ2n) is 5.57. The van der Waals surface area contributed by atoms with Gasteiger partial charge in [-0.25, -0.2) is 0 Å². The molecule has 0 unspecified atom stereocenters. The minimum atomic E-state index is -1.88. The van der Waals surface area contributed by atoms with Gasteiger partial charge in [-0.1, -0.05) is 22.9 Å². The van der Waals surface area contributed by atoms with Gasteiger partial charge in [-0.15, -0.1) is 0 Å². The number of alkyl halides is 1. The summed E-state index contributed by atoms with van der Waals surface area (Å²) >= 11 is 3.15. The van der Waals surface area contributed by atoms with Gasteiger partial charge < -0.3 is 9.33 Å². The van der Waals surface area contributed by atoms with Crippen LogP contribution in [-0.4, -0.2) is 43.0 Å². The molecule has 1 heterocycles. The number of nitrogens with zero attached hydrogens (tertiary/aromatic N) is 1. The van der Waals surface area contributed by atoms with Crippen LogP contribution in [0.2, 0.25) is 19.6 Å². The Labute approximate surface area is 112 Å². The van der Waals surface area contributed by atoms with E-state index in [0.717, 1.165) is 0 Å². The van der Waals surface area contributed by atoms with Gasteiger partial charge in [-0.3, -0.25) is 9.59 Å². The van der Waals surface area contributed by atoms with Crippen molar-refractivity contribution in [1.29, 1.82) is 0 Å². The molecule has 1 rings (SSSR count). The summed E-state index contributed by atoms with van der Waals surface area (Å²) < 4.78 is 5.49. The maximum atomic E-state index is 12.0. The first-order chi connectivity index (χ1) is 7.74.